The fourth-order valence-corrected chi connectivity index (χ4v) is 5.43. The van der Waals surface area contributed by atoms with Gasteiger partial charge < -0.3 is 14.2 Å². The van der Waals surface area contributed by atoms with Gasteiger partial charge in [0.1, 0.15) is 6.10 Å². The molecule has 0 aromatic rings. The van der Waals surface area contributed by atoms with Gasteiger partial charge in [0.05, 0.1) is 29.5 Å². The van der Waals surface area contributed by atoms with Crippen molar-refractivity contribution in [3.63, 3.8) is 0 Å². The van der Waals surface area contributed by atoms with Crippen molar-refractivity contribution in [2.45, 2.75) is 75.5 Å². The van der Waals surface area contributed by atoms with Crippen LogP contribution < -0.4 is 0 Å². The van der Waals surface area contributed by atoms with E-state index in [9.17, 15) is 0 Å². The minimum atomic E-state index is 0.0931. The van der Waals surface area contributed by atoms with Gasteiger partial charge in [0.15, 0.2) is 0 Å². The van der Waals surface area contributed by atoms with Crippen LogP contribution in [0.4, 0.5) is 0 Å². The zero-order valence-corrected chi connectivity index (χ0v) is 13.3. The molecule has 0 bridgehead atoms. The number of hydrogen-bond acceptors (Lipinski definition) is 3. The molecule has 8 unspecified atom stereocenters. The minimum absolute atomic E-state index is 0.0931. The molecule has 116 valence electrons. The smallest absolute Gasteiger partial charge is 0.105 e. The summed E-state index contributed by atoms with van der Waals surface area (Å²) in [5.41, 5.74) is 0.378. The molecule has 0 aromatic heterocycles. The Hall–Kier alpha value is -0.380. The third-order valence-corrected chi connectivity index (χ3v) is 6.89. The van der Waals surface area contributed by atoms with Crippen LogP contribution in [0.1, 0.15) is 46.5 Å². The summed E-state index contributed by atoms with van der Waals surface area (Å²) < 4.78 is 17.7. The van der Waals surface area contributed by atoms with Crippen LogP contribution in [-0.4, -0.2) is 35.6 Å². The highest BCUT2D eigenvalue weighted by Gasteiger charge is 2.63. The topological polar surface area (TPSA) is 37.6 Å². The molecule has 3 aliphatic heterocycles. The van der Waals surface area contributed by atoms with E-state index in [0.29, 0.717) is 24.0 Å². The van der Waals surface area contributed by atoms with Crippen LogP contribution in [0.15, 0.2) is 12.2 Å². The van der Waals surface area contributed by atoms with Gasteiger partial charge in [-0.15, -0.1) is 0 Å². The molecular weight excluding hydrogens is 264 g/mol. The van der Waals surface area contributed by atoms with E-state index in [4.69, 9.17) is 14.2 Å². The maximum absolute atomic E-state index is 5.93. The van der Waals surface area contributed by atoms with E-state index in [1.807, 2.05) is 0 Å². The standard InChI is InChI=1S/C18H26O3/c1-16-8-11(4-6-13(16)20-16)15(18(3)10-19-18)12-5-7-14-17(2,9-12)21-14/h4,6,11-15H,5,7-10H2,1-3H3. The molecule has 0 N–H and O–H groups in total. The quantitative estimate of drug-likeness (QED) is 0.592. The van der Waals surface area contributed by atoms with E-state index in [1.165, 1.54) is 19.3 Å². The summed E-state index contributed by atoms with van der Waals surface area (Å²) in [6.45, 7) is 7.81. The molecule has 8 atom stereocenters. The lowest BCUT2D eigenvalue weighted by Gasteiger charge is -2.39. The van der Waals surface area contributed by atoms with Crippen molar-refractivity contribution in [3.8, 4) is 0 Å². The van der Waals surface area contributed by atoms with Gasteiger partial charge >= 0.3 is 0 Å². The van der Waals surface area contributed by atoms with E-state index in [0.717, 1.165) is 18.9 Å². The van der Waals surface area contributed by atoms with Gasteiger partial charge in [-0.1, -0.05) is 12.2 Å². The molecule has 0 radical (unpaired) electrons. The van der Waals surface area contributed by atoms with E-state index in [1.54, 1.807) is 0 Å². The normalized spacial score (nSPS) is 61.7. The second-order valence-corrected chi connectivity index (χ2v) is 8.69. The fraction of sp³-hybridized carbons (Fsp3) is 0.889. The Morgan fingerprint density at radius 2 is 1.81 bits per heavy atom. The zero-order valence-electron chi connectivity index (χ0n) is 13.3. The molecule has 0 spiro atoms. The third-order valence-electron chi connectivity index (χ3n) is 6.89. The van der Waals surface area contributed by atoms with Gasteiger partial charge in [-0.05, 0) is 64.2 Å². The van der Waals surface area contributed by atoms with Gasteiger partial charge in [-0.2, -0.15) is 0 Å². The molecule has 0 amide bonds. The highest BCUT2D eigenvalue weighted by atomic mass is 16.6. The molecular formula is C18H26O3. The Kier molecular flexibility index (Phi) is 2.34. The van der Waals surface area contributed by atoms with Crippen LogP contribution in [0.25, 0.3) is 0 Å². The van der Waals surface area contributed by atoms with E-state index in [2.05, 4.69) is 32.9 Å². The Balaban J connectivity index is 1.41. The van der Waals surface area contributed by atoms with Gasteiger partial charge in [-0.3, -0.25) is 0 Å². The van der Waals surface area contributed by atoms with Crippen molar-refractivity contribution in [1.29, 1.82) is 0 Å². The van der Waals surface area contributed by atoms with E-state index >= 15 is 0 Å². The molecule has 5 aliphatic rings. The molecule has 3 heterocycles. The lowest BCUT2D eigenvalue weighted by Crippen LogP contribution is -2.41. The second-order valence-electron chi connectivity index (χ2n) is 8.69. The average molecular weight is 290 g/mol. The van der Waals surface area contributed by atoms with E-state index < -0.39 is 0 Å². The highest BCUT2D eigenvalue weighted by Crippen LogP contribution is 2.58. The first kappa shape index (κ1) is 13.1. The molecule has 4 fully saturated rings. The largest absolute Gasteiger partial charge is 0.370 e. The molecule has 21 heavy (non-hydrogen) atoms. The van der Waals surface area contributed by atoms with Crippen molar-refractivity contribution in [1.82, 2.24) is 0 Å². The first-order valence-electron chi connectivity index (χ1n) is 8.60. The summed E-state index contributed by atoms with van der Waals surface area (Å²) in [6, 6.07) is 0. The Bertz CT molecular complexity index is 511. The van der Waals surface area contributed by atoms with Crippen molar-refractivity contribution in [3.05, 3.63) is 12.2 Å². The summed E-state index contributed by atoms with van der Waals surface area (Å²) in [4.78, 5) is 0. The van der Waals surface area contributed by atoms with Crippen LogP contribution in [0.2, 0.25) is 0 Å². The fourth-order valence-electron chi connectivity index (χ4n) is 5.43. The predicted octanol–water partition coefficient (Wildman–Crippen LogP) is 3.08. The lowest BCUT2D eigenvalue weighted by molar-refractivity contribution is 0.0847. The van der Waals surface area contributed by atoms with Gasteiger partial charge in [0, 0.05) is 0 Å². The molecule has 3 heteroatoms. The van der Waals surface area contributed by atoms with Gasteiger partial charge in [-0.25, -0.2) is 0 Å². The average Bonchev–Trinajstić information content (AvgIpc) is 3.31. The number of fused-ring (bicyclic) bond motifs is 2. The summed E-state index contributed by atoms with van der Waals surface area (Å²) >= 11 is 0. The lowest BCUT2D eigenvalue weighted by atomic mass is 9.64. The first-order valence-corrected chi connectivity index (χ1v) is 8.60. The summed E-state index contributed by atoms with van der Waals surface area (Å²) in [5.74, 6) is 1.96. The van der Waals surface area contributed by atoms with Crippen LogP contribution >= 0.6 is 0 Å². The molecule has 5 rings (SSSR count). The van der Waals surface area contributed by atoms with Crippen LogP contribution in [0, 0.1) is 17.8 Å². The van der Waals surface area contributed by atoms with Crippen molar-refractivity contribution < 1.29 is 14.2 Å². The second kappa shape index (κ2) is 3.74. The minimum Gasteiger partial charge on any atom is -0.370 e. The monoisotopic (exact) mass is 290 g/mol. The predicted molar refractivity (Wildman–Crippen MR) is 79.0 cm³/mol. The highest BCUT2D eigenvalue weighted by molar-refractivity contribution is 5.21. The van der Waals surface area contributed by atoms with Crippen LogP contribution in [-0.2, 0) is 14.2 Å². The Morgan fingerprint density at radius 1 is 1.00 bits per heavy atom. The maximum atomic E-state index is 5.93. The number of allylic oxidation sites excluding steroid dienone is 1. The van der Waals surface area contributed by atoms with Gasteiger partial charge in [0.2, 0.25) is 0 Å². The molecule has 3 nitrogen and oxygen atoms in total. The number of epoxide rings is 3. The van der Waals surface area contributed by atoms with Crippen molar-refractivity contribution >= 4 is 0 Å². The number of rotatable bonds is 3. The van der Waals surface area contributed by atoms with E-state index in [-0.39, 0.29) is 16.8 Å². The number of hydrogen-bond donors (Lipinski definition) is 0. The van der Waals surface area contributed by atoms with Crippen LogP contribution in [0.5, 0.6) is 0 Å². The SMILES string of the molecule is CC12CC(C(C3CCC4OC4(C)C3)C3(C)CO3)C=CC1O2. The Labute approximate surface area is 127 Å². The van der Waals surface area contributed by atoms with Crippen LogP contribution in [0.3, 0.4) is 0 Å². The summed E-state index contributed by atoms with van der Waals surface area (Å²) in [7, 11) is 0. The summed E-state index contributed by atoms with van der Waals surface area (Å²) in [6.07, 6.45) is 10.6. The molecule has 2 aliphatic carbocycles. The number of ether oxygens (including phenoxy) is 3. The maximum Gasteiger partial charge on any atom is 0.105 e. The van der Waals surface area contributed by atoms with Crippen molar-refractivity contribution in [2.75, 3.05) is 6.61 Å². The molecule has 3 saturated heterocycles. The third kappa shape index (κ3) is 1.90. The Morgan fingerprint density at radius 3 is 2.48 bits per heavy atom. The summed E-state index contributed by atoms with van der Waals surface area (Å²) in [5, 5.41) is 0. The molecule has 0 aromatic carbocycles. The first-order chi connectivity index (χ1) is 9.92. The zero-order chi connectivity index (χ0) is 14.5. The van der Waals surface area contributed by atoms with Crippen molar-refractivity contribution in [2.24, 2.45) is 17.8 Å². The molecule has 1 saturated carbocycles. The van der Waals surface area contributed by atoms with Gasteiger partial charge in [0.25, 0.3) is 0 Å².